The van der Waals surface area contributed by atoms with E-state index in [2.05, 4.69) is 10.3 Å². The number of hydrogen-bond acceptors (Lipinski definition) is 7. The number of sulfone groups is 1. The molecule has 0 saturated heterocycles. The number of aromatic nitrogens is 1. The summed E-state index contributed by atoms with van der Waals surface area (Å²) in [6.07, 6.45) is -2.23. The van der Waals surface area contributed by atoms with Crippen molar-refractivity contribution in [2.45, 2.75) is 49.5 Å². The Kier molecular flexibility index (Phi) is 6.79. The van der Waals surface area contributed by atoms with Gasteiger partial charge in [-0.25, -0.2) is 25.8 Å². The standard InChI is InChI=1S/C22H27F3N4O4S2/c1-15-3-5-18(6-4-15)35(32,33)29-9-7-19-20(26-2)28(14-27-21(19)29)17-11-16(12-17)13-34(30,31)10-8-22(23,24)25/h3-7,9,14,16-17,20,26H,8,10-13H2,1-2H3/t16-,17-,20?. The van der Waals surface area contributed by atoms with E-state index in [0.717, 1.165) is 9.54 Å². The van der Waals surface area contributed by atoms with Crippen LogP contribution in [-0.4, -0.2) is 62.8 Å². The molecule has 8 nitrogen and oxygen atoms in total. The Balaban J connectivity index is 1.46. The molecule has 1 aliphatic heterocycles. The molecule has 1 aromatic heterocycles. The Hall–Kier alpha value is -2.38. The zero-order chi connectivity index (χ0) is 25.6. The van der Waals surface area contributed by atoms with E-state index in [9.17, 15) is 30.0 Å². The van der Waals surface area contributed by atoms with Gasteiger partial charge in [-0.1, -0.05) is 17.7 Å². The topological polar surface area (TPSA) is 101 Å². The highest BCUT2D eigenvalue weighted by Gasteiger charge is 2.41. The Morgan fingerprint density at radius 3 is 2.34 bits per heavy atom. The second-order valence-electron chi connectivity index (χ2n) is 9.06. The van der Waals surface area contributed by atoms with Crippen LogP contribution in [0, 0.1) is 12.8 Å². The van der Waals surface area contributed by atoms with E-state index in [1.807, 2.05) is 11.8 Å². The number of nitrogens with one attached hydrogen (secondary N) is 1. The van der Waals surface area contributed by atoms with E-state index in [1.54, 1.807) is 43.7 Å². The molecule has 2 heterocycles. The number of nitrogens with zero attached hydrogens (tertiary/aromatic N) is 3. The number of fused-ring (bicyclic) bond motifs is 1. The van der Waals surface area contributed by atoms with Crippen LogP contribution in [0.5, 0.6) is 0 Å². The van der Waals surface area contributed by atoms with Crippen molar-refractivity contribution < 1.29 is 30.0 Å². The minimum atomic E-state index is -4.50. The SMILES string of the molecule is CNC1c2ccn(S(=O)(=O)c3ccc(C)cc3)c2N=CN1[C@H]1C[C@H](CS(=O)(=O)CCC(F)(F)F)C1. The number of aryl methyl sites for hydroxylation is 1. The average Bonchev–Trinajstić information content (AvgIpc) is 3.19. The van der Waals surface area contributed by atoms with E-state index in [4.69, 9.17) is 0 Å². The van der Waals surface area contributed by atoms with Crippen molar-refractivity contribution in [2.24, 2.45) is 10.9 Å². The first kappa shape index (κ1) is 25.7. The van der Waals surface area contributed by atoms with Crippen molar-refractivity contribution in [1.82, 2.24) is 14.2 Å². The molecule has 2 aliphatic rings. The maximum Gasteiger partial charge on any atom is 0.390 e. The molecule has 1 unspecified atom stereocenters. The van der Waals surface area contributed by atoms with Gasteiger partial charge in [0.1, 0.15) is 6.17 Å². The van der Waals surface area contributed by atoms with E-state index < -0.39 is 38.2 Å². The molecule has 192 valence electrons. The van der Waals surface area contributed by atoms with Crippen LogP contribution < -0.4 is 5.32 Å². The van der Waals surface area contributed by atoms with Crippen molar-refractivity contribution in [3.05, 3.63) is 47.7 Å². The molecule has 1 N–H and O–H groups in total. The van der Waals surface area contributed by atoms with E-state index in [1.165, 1.54) is 6.20 Å². The fraction of sp³-hybridized carbons (Fsp3) is 0.500. The average molecular weight is 533 g/mol. The minimum Gasteiger partial charge on any atom is -0.340 e. The van der Waals surface area contributed by atoms with Gasteiger partial charge in [-0.15, -0.1) is 0 Å². The summed E-state index contributed by atoms with van der Waals surface area (Å²) in [5, 5.41) is 3.15. The second-order valence-corrected chi connectivity index (χ2v) is 13.1. The van der Waals surface area contributed by atoms with Crippen molar-refractivity contribution in [3.8, 4) is 0 Å². The van der Waals surface area contributed by atoms with Crippen molar-refractivity contribution >= 4 is 32.0 Å². The van der Waals surface area contributed by atoms with Gasteiger partial charge in [0.05, 0.1) is 29.2 Å². The Morgan fingerprint density at radius 2 is 1.74 bits per heavy atom. The number of rotatable bonds is 8. The predicted molar refractivity (Wildman–Crippen MR) is 126 cm³/mol. The van der Waals surface area contributed by atoms with Crippen LogP contribution in [0.25, 0.3) is 0 Å². The lowest BCUT2D eigenvalue weighted by Crippen LogP contribution is -2.51. The van der Waals surface area contributed by atoms with E-state index in [-0.39, 0.29) is 34.6 Å². The maximum absolute atomic E-state index is 13.2. The van der Waals surface area contributed by atoms with Gasteiger partial charge in [0.15, 0.2) is 15.7 Å². The normalized spacial score (nSPS) is 22.7. The van der Waals surface area contributed by atoms with Crippen LogP contribution >= 0.6 is 0 Å². The van der Waals surface area contributed by atoms with Crippen LogP contribution in [0.3, 0.4) is 0 Å². The molecule has 1 fully saturated rings. The molecular weight excluding hydrogens is 505 g/mol. The Morgan fingerprint density at radius 1 is 1.09 bits per heavy atom. The zero-order valence-corrected chi connectivity index (χ0v) is 20.9. The highest BCUT2D eigenvalue weighted by Crippen LogP contribution is 2.41. The summed E-state index contributed by atoms with van der Waals surface area (Å²) in [5.41, 5.74) is 1.60. The molecule has 0 spiro atoms. The smallest absolute Gasteiger partial charge is 0.340 e. The number of hydrogen-bond donors (Lipinski definition) is 1. The molecular formula is C22H27F3N4O4S2. The molecule has 4 rings (SSSR count). The molecule has 1 aliphatic carbocycles. The molecule has 0 radical (unpaired) electrons. The third-order valence-electron chi connectivity index (χ3n) is 6.43. The van der Waals surface area contributed by atoms with Crippen molar-refractivity contribution in [3.63, 3.8) is 0 Å². The molecule has 1 atom stereocenters. The van der Waals surface area contributed by atoms with Crippen LogP contribution in [-0.2, 0) is 19.9 Å². The highest BCUT2D eigenvalue weighted by atomic mass is 32.2. The number of alkyl halides is 3. The van der Waals surface area contributed by atoms with Crippen LogP contribution in [0.1, 0.15) is 36.6 Å². The number of benzene rings is 1. The molecule has 0 amide bonds. The second kappa shape index (κ2) is 9.25. The summed E-state index contributed by atoms with van der Waals surface area (Å²) >= 11 is 0. The van der Waals surface area contributed by atoms with Crippen LogP contribution in [0.15, 0.2) is 46.4 Å². The summed E-state index contributed by atoms with van der Waals surface area (Å²) in [7, 11) is -5.92. The molecule has 1 aromatic carbocycles. The summed E-state index contributed by atoms with van der Waals surface area (Å²) in [6.45, 7) is 1.87. The van der Waals surface area contributed by atoms with Crippen molar-refractivity contribution in [1.29, 1.82) is 0 Å². The van der Waals surface area contributed by atoms with E-state index in [0.29, 0.717) is 18.4 Å². The monoisotopic (exact) mass is 532 g/mol. The van der Waals surface area contributed by atoms with Crippen molar-refractivity contribution in [2.75, 3.05) is 18.6 Å². The molecule has 35 heavy (non-hydrogen) atoms. The van der Waals surface area contributed by atoms with E-state index >= 15 is 0 Å². The molecule has 1 saturated carbocycles. The van der Waals surface area contributed by atoms with Gasteiger partial charge >= 0.3 is 6.18 Å². The largest absolute Gasteiger partial charge is 0.390 e. The summed E-state index contributed by atoms with van der Waals surface area (Å²) in [5.74, 6) is -1.11. The van der Waals surface area contributed by atoms with Gasteiger partial charge in [-0.3, -0.25) is 5.32 Å². The fourth-order valence-corrected chi connectivity index (χ4v) is 7.54. The lowest BCUT2D eigenvalue weighted by molar-refractivity contribution is -0.129. The molecule has 2 aromatic rings. The third-order valence-corrected chi connectivity index (χ3v) is 9.92. The predicted octanol–water partition coefficient (Wildman–Crippen LogP) is 3.37. The minimum absolute atomic E-state index is 0.0655. The zero-order valence-electron chi connectivity index (χ0n) is 19.2. The third kappa shape index (κ3) is 5.41. The lowest BCUT2D eigenvalue weighted by atomic mass is 9.80. The van der Waals surface area contributed by atoms with Gasteiger partial charge in [0.2, 0.25) is 0 Å². The first-order chi connectivity index (χ1) is 16.3. The van der Waals surface area contributed by atoms with Crippen LogP contribution in [0.4, 0.5) is 19.0 Å². The first-order valence-corrected chi connectivity index (χ1v) is 14.4. The van der Waals surface area contributed by atoms with Gasteiger partial charge in [0, 0.05) is 17.8 Å². The summed E-state index contributed by atoms with van der Waals surface area (Å²) < 4.78 is 88.8. The van der Waals surface area contributed by atoms with Gasteiger partial charge in [-0.2, -0.15) is 13.2 Å². The van der Waals surface area contributed by atoms with Gasteiger partial charge < -0.3 is 4.90 Å². The summed E-state index contributed by atoms with van der Waals surface area (Å²) in [6, 6.07) is 8.15. The maximum atomic E-state index is 13.2. The van der Waals surface area contributed by atoms with Gasteiger partial charge in [-0.05, 0) is 50.9 Å². The van der Waals surface area contributed by atoms with Crippen LogP contribution in [0.2, 0.25) is 0 Å². The molecule has 0 bridgehead atoms. The Bertz CT molecular complexity index is 1310. The first-order valence-electron chi connectivity index (χ1n) is 11.1. The number of halogens is 3. The quantitative estimate of drug-likeness (QED) is 0.560. The number of aliphatic imine (C=N–C) groups is 1. The van der Waals surface area contributed by atoms with Gasteiger partial charge in [0.25, 0.3) is 10.0 Å². The summed E-state index contributed by atoms with van der Waals surface area (Å²) in [4.78, 5) is 6.46. The highest BCUT2D eigenvalue weighted by molar-refractivity contribution is 7.91. The lowest BCUT2D eigenvalue weighted by Gasteiger charge is -2.46. The Labute approximate surface area is 202 Å². The molecule has 13 heteroatoms. The fourth-order valence-electron chi connectivity index (χ4n) is 4.54.